The van der Waals surface area contributed by atoms with Gasteiger partial charge in [0.05, 0.1) is 31.1 Å². The van der Waals surface area contributed by atoms with E-state index in [0.717, 1.165) is 11.3 Å². The van der Waals surface area contributed by atoms with Crippen LogP contribution < -0.4 is 5.73 Å². The lowest BCUT2D eigenvalue weighted by Gasteiger charge is -2.35. The largest absolute Gasteiger partial charge is 0.377 e. The van der Waals surface area contributed by atoms with Crippen molar-refractivity contribution in [2.24, 2.45) is 5.73 Å². The minimum absolute atomic E-state index is 0.0645. The van der Waals surface area contributed by atoms with E-state index in [4.69, 9.17) is 10.5 Å². The molecule has 1 amide bonds. The number of amides is 1. The van der Waals surface area contributed by atoms with Crippen molar-refractivity contribution in [3.63, 3.8) is 0 Å². The van der Waals surface area contributed by atoms with Crippen molar-refractivity contribution in [1.82, 2.24) is 15.1 Å². The van der Waals surface area contributed by atoms with Gasteiger partial charge in [-0.15, -0.1) is 0 Å². The van der Waals surface area contributed by atoms with E-state index >= 15 is 0 Å². The van der Waals surface area contributed by atoms with Gasteiger partial charge in [0.1, 0.15) is 0 Å². The highest BCUT2D eigenvalue weighted by Gasteiger charge is 2.30. The highest BCUT2D eigenvalue weighted by molar-refractivity contribution is 5.77. The number of nitrogens with one attached hydrogen (secondary N) is 1. The summed E-state index contributed by atoms with van der Waals surface area (Å²) in [6.45, 7) is 4.06. The lowest BCUT2D eigenvalue weighted by molar-refractivity contribution is -0.140. The summed E-state index contributed by atoms with van der Waals surface area (Å²) < 4.78 is 5.45. The van der Waals surface area contributed by atoms with E-state index in [2.05, 4.69) is 10.2 Å². The molecule has 1 aliphatic heterocycles. The minimum atomic E-state index is -0.0645. The smallest absolute Gasteiger partial charge is 0.224 e. The molecule has 3 N–H and O–H groups in total. The quantitative estimate of drug-likeness (QED) is 0.774. The van der Waals surface area contributed by atoms with Crippen molar-refractivity contribution in [3.05, 3.63) is 17.5 Å². The van der Waals surface area contributed by atoms with Crippen LogP contribution in [-0.2, 0) is 9.53 Å². The predicted octanol–water partition coefficient (Wildman–Crippen LogP) is -0.0332. The van der Waals surface area contributed by atoms with Gasteiger partial charge >= 0.3 is 0 Å². The molecule has 1 aromatic rings. The van der Waals surface area contributed by atoms with E-state index in [0.29, 0.717) is 32.7 Å². The SMILES string of the molecule is Cc1cn[nH]c1[C@H]1COCCN1C(=O)CCN. The predicted molar refractivity (Wildman–Crippen MR) is 62.3 cm³/mol. The Morgan fingerprint density at radius 3 is 3.24 bits per heavy atom. The Morgan fingerprint density at radius 1 is 1.76 bits per heavy atom. The average Bonchev–Trinajstić information content (AvgIpc) is 2.76. The number of nitrogens with zero attached hydrogens (tertiary/aromatic N) is 2. The van der Waals surface area contributed by atoms with Crippen molar-refractivity contribution < 1.29 is 9.53 Å². The van der Waals surface area contributed by atoms with E-state index in [9.17, 15) is 4.79 Å². The van der Waals surface area contributed by atoms with Gasteiger partial charge in [-0.1, -0.05) is 0 Å². The van der Waals surface area contributed by atoms with Crippen molar-refractivity contribution >= 4 is 5.91 Å². The van der Waals surface area contributed by atoms with Crippen molar-refractivity contribution in [2.45, 2.75) is 19.4 Å². The lowest BCUT2D eigenvalue weighted by atomic mass is 10.1. The number of nitrogens with two attached hydrogens (primary N) is 1. The molecule has 0 radical (unpaired) electrons. The molecule has 2 heterocycles. The molecule has 0 aliphatic carbocycles. The molecular formula is C11H18N4O2. The van der Waals surface area contributed by atoms with E-state index < -0.39 is 0 Å². The van der Waals surface area contributed by atoms with Gasteiger partial charge in [0.2, 0.25) is 5.91 Å². The Balaban J connectivity index is 2.18. The van der Waals surface area contributed by atoms with Gasteiger partial charge in [-0.25, -0.2) is 0 Å². The minimum Gasteiger partial charge on any atom is -0.377 e. The molecule has 0 saturated carbocycles. The third kappa shape index (κ3) is 2.48. The van der Waals surface area contributed by atoms with Gasteiger partial charge in [0.15, 0.2) is 0 Å². The fourth-order valence-corrected chi connectivity index (χ4v) is 2.10. The maximum Gasteiger partial charge on any atom is 0.224 e. The summed E-state index contributed by atoms with van der Waals surface area (Å²) in [6.07, 6.45) is 2.14. The van der Waals surface area contributed by atoms with E-state index in [1.807, 2.05) is 11.8 Å². The second kappa shape index (κ2) is 5.29. The molecule has 0 unspecified atom stereocenters. The average molecular weight is 238 g/mol. The molecule has 17 heavy (non-hydrogen) atoms. The van der Waals surface area contributed by atoms with E-state index in [1.165, 1.54) is 0 Å². The van der Waals surface area contributed by atoms with Crippen molar-refractivity contribution in [3.8, 4) is 0 Å². The van der Waals surface area contributed by atoms with Crippen LogP contribution in [0.25, 0.3) is 0 Å². The summed E-state index contributed by atoms with van der Waals surface area (Å²) in [5.74, 6) is 0.0785. The van der Waals surface area contributed by atoms with Crippen molar-refractivity contribution in [2.75, 3.05) is 26.3 Å². The summed E-state index contributed by atoms with van der Waals surface area (Å²) in [4.78, 5) is 13.8. The molecule has 0 aromatic carbocycles. The van der Waals surface area contributed by atoms with Crippen LogP contribution >= 0.6 is 0 Å². The van der Waals surface area contributed by atoms with Crippen LogP contribution in [0.15, 0.2) is 6.20 Å². The molecule has 6 nitrogen and oxygen atoms in total. The highest BCUT2D eigenvalue weighted by atomic mass is 16.5. The van der Waals surface area contributed by atoms with Crippen LogP contribution in [-0.4, -0.2) is 47.3 Å². The summed E-state index contributed by atoms with van der Waals surface area (Å²) in [7, 11) is 0. The number of hydrogen-bond acceptors (Lipinski definition) is 4. The summed E-state index contributed by atoms with van der Waals surface area (Å²) in [5, 5.41) is 6.94. The molecule has 1 atom stereocenters. The van der Waals surface area contributed by atoms with Gasteiger partial charge in [-0.2, -0.15) is 5.10 Å². The zero-order valence-electron chi connectivity index (χ0n) is 9.98. The van der Waals surface area contributed by atoms with Crippen LogP contribution in [0.4, 0.5) is 0 Å². The zero-order chi connectivity index (χ0) is 12.3. The van der Waals surface area contributed by atoms with Crippen molar-refractivity contribution in [1.29, 1.82) is 0 Å². The normalized spacial score (nSPS) is 20.6. The molecule has 6 heteroatoms. The number of rotatable bonds is 3. The maximum atomic E-state index is 12.0. The molecule has 1 aromatic heterocycles. The molecule has 2 rings (SSSR count). The molecular weight excluding hydrogens is 220 g/mol. The molecule has 1 saturated heterocycles. The van der Waals surface area contributed by atoms with Gasteiger partial charge in [0.25, 0.3) is 0 Å². The second-order valence-electron chi connectivity index (χ2n) is 4.18. The third-order valence-electron chi connectivity index (χ3n) is 3.01. The first kappa shape index (κ1) is 12.1. The second-order valence-corrected chi connectivity index (χ2v) is 4.18. The van der Waals surface area contributed by atoms with Gasteiger partial charge < -0.3 is 15.4 Å². The number of carbonyl (C=O) groups is 1. The maximum absolute atomic E-state index is 12.0. The topological polar surface area (TPSA) is 84.2 Å². The Labute approximate surface area is 100 Å². The fourth-order valence-electron chi connectivity index (χ4n) is 2.10. The Kier molecular flexibility index (Phi) is 3.75. The van der Waals surface area contributed by atoms with E-state index in [-0.39, 0.29) is 11.9 Å². The first-order valence-electron chi connectivity index (χ1n) is 5.81. The van der Waals surface area contributed by atoms with E-state index in [1.54, 1.807) is 6.20 Å². The number of H-pyrrole nitrogens is 1. The number of carbonyl (C=O) groups excluding carboxylic acids is 1. The number of aryl methyl sites for hydroxylation is 1. The number of aromatic amines is 1. The van der Waals surface area contributed by atoms with Gasteiger partial charge in [-0.05, 0) is 12.5 Å². The molecule has 0 spiro atoms. The molecule has 1 aliphatic rings. The fraction of sp³-hybridized carbons (Fsp3) is 0.636. The summed E-state index contributed by atoms with van der Waals surface area (Å²) in [5.41, 5.74) is 7.43. The number of ether oxygens (including phenoxy) is 1. The Hall–Kier alpha value is -1.40. The summed E-state index contributed by atoms with van der Waals surface area (Å²) >= 11 is 0. The number of aromatic nitrogens is 2. The van der Waals surface area contributed by atoms with Gasteiger partial charge in [0, 0.05) is 19.5 Å². The lowest BCUT2D eigenvalue weighted by Crippen LogP contribution is -2.44. The number of morpholine rings is 1. The Morgan fingerprint density at radius 2 is 2.59 bits per heavy atom. The van der Waals surface area contributed by atoms with Crippen LogP contribution in [0.3, 0.4) is 0 Å². The van der Waals surface area contributed by atoms with Crippen LogP contribution in [0, 0.1) is 6.92 Å². The molecule has 1 fully saturated rings. The first-order chi connectivity index (χ1) is 8.24. The van der Waals surface area contributed by atoms with Crippen LogP contribution in [0.1, 0.15) is 23.7 Å². The van der Waals surface area contributed by atoms with Gasteiger partial charge in [-0.3, -0.25) is 9.89 Å². The summed E-state index contributed by atoms with van der Waals surface area (Å²) in [6, 6.07) is -0.0645. The zero-order valence-corrected chi connectivity index (χ0v) is 9.98. The Bertz CT molecular complexity index is 391. The standard InChI is InChI=1S/C11H18N4O2/c1-8-6-13-14-11(8)9-7-17-5-4-15(9)10(16)2-3-12/h6,9H,2-5,7,12H2,1H3,(H,13,14)/t9-/m1/s1. The first-order valence-corrected chi connectivity index (χ1v) is 5.81. The van der Waals surface area contributed by atoms with Crippen LogP contribution in [0.5, 0.6) is 0 Å². The molecule has 0 bridgehead atoms. The van der Waals surface area contributed by atoms with Crippen LogP contribution in [0.2, 0.25) is 0 Å². The molecule has 94 valence electrons. The number of hydrogen-bond donors (Lipinski definition) is 2. The monoisotopic (exact) mass is 238 g/mol. The third-order valence-corrected chi connectivity index (χ3v) is 3.01. The highest BCUT2D eigenvalue weighted by Crippen LogP contribution is 2.25.